The fourth-order valence-corrected chi connectivity index (χ4v) is 0.424. The van der Waals surface area contributed by atoms with E-state index in [-0.39, 0.29) is 13.3 Å². The Balaban J connectivity index is 2.52. The molecule has 1 saturated heterocycles. The van der Waals surface area contributed by atoms with E-state index >= 15 is 0 Å². The second kappa shape index (κ2) is 1.92. The van der Waals surface area contributed by atoms with Crippen molar-refractivity contribution in [2.24, 2.45) is 0 Å². The molecule has 1 rings (SSSR count). The maximum absolute atomic E-state index is 10.3. The summed E-state index contributed by atoms with van der Waals surface area (Å²) in [4.78, 5) is 20.5. The zero-order valence-corrected chi connectivity index (χ0v) is 4.14. The lowest BCUT2D eigenvalue weighted by molar-refractivity contribution is -0.146. The number of ether oxygens (including phenoxy) is 1. The van der Waals surface area contributed by atoms with E-state index in [1.807, 2.05) is 0 Å². The van der Waals surface area contributed by atoms with Crippen LogP contribution in [0.3, 0.4) is 0 Å². The number of hydrogen-bond acceptors (Lipinski definition) is 3. The fraction of sp³-hybridized carbons (Fsp3) is 0.500. The van der Waals surface area contributed by atoms with E-state index in [1.165, 1.54) is 0 Å². The minimum atomic E-state index is -0.545. The van der Waals surface area contributed by atoms with E-state index in [1.54, 1.807) is 0 Å². The summed E-state index contributed by atoms with van der Waals surface area (Å²) < 4.78 is 4.57. The molecule has 0 radical (unpaired) electrons. The van der Waals surface area contributed by atoms with Crippen LogP contribution in [0.2, 0.25) is 0 Å². The van der Waals surface area contributed by atoms with Gasteiger partial charge < -0.3 is 10.1 Å². The highest BCUT2D eigenvalue weighted by Gasteiger charge is 2.16. The molecular weight excluding hydrogens is 110 g/mol. The van der Waals surface area contributed by atoms with Crippen LogP contribution in [0, 0.1) is 0 Å². The molecule has 0 unspecified atom stereocenters. The standard InChI is InChI=1S/C4H5NO3/c6-3-1-8-2-5-4(3)7/h1-2H2,(H,5,7). The van der Waals surface area contributed by atoms with E-state index in [4.69, 9.17) is 0 Å². The highest BCUT2D eigenvalue weighted by atomic mass is 16.5. The van der Waals surface area contributed by atoms with Gasteiger partial charge in [-0.2, -0.15) is 0 Å². The third-order valence-electron chi connectivity index (χ3n) is 0.821. The second-order valence-corrected chi connectivity index (χ2v) is 1.42. The lowest BCUT2D eigenvalue weighted by Gasteiger charge is -2.09. The van der Waals surface area contributed by atoms with Crippen molar-refractivity contribution >= 4 is 11.7 Å². The molecule has 1 aliphatic rings. The van der Waals surface area contributed by atoms with Gasteiger partial charge in [-0.25, -0.2) is 0 Å². The molecular formula is C4H5NO3. The van der Waals surface area contributed by atoms with Gasteiger partial charge in [0.1, 0.15) is 13.3 Å². The SMILES string of the molecule is O=C1COCNC1=O. The van der Waals surface area contributed by atoms with Crippen LogP contribution in [0.5, 0.6) is 0 Å². The van der Waals surface area contributed by atoms with Crippen LogP contribution >= 0.6 is 0 Å². The smallest absolute Gasteiger partial charge is 0.291 e. The molecule has 8 heavy (non-hydrogen) atoms. The summed E-state index contributed by atoms with van der Waals surface area (Å²) in [5.74, 6) is -1.05. The molecule has 0 aromatic heterocycles. The molecule has 0 aromatic rings. The molecule has 44 valence electrons. The van der Waals surface area contributed by atoms with Crippen molar-refractivity contribution in [2.45, 2.75) is 0 Å². The zero-order chi connectivity index (χ0) is 5.98. The van der Waals surface area contributed by atoms with Crippen LogP contribution in [0.15, 0.2) is 0 Å². The molecule has 0 bridgehead atoms. The van der Waals surface area contributed by atoms with Gasteiger partial charge in [0.2, 0.25) is 5.78 Å². The quantitative estimate of drug-likeness (QED) is 0.397. The lowest BCUT2D eigenvalue weighted by atomic mass is 10.4. The van der Waals surface area contributed by atoms with E-state index in [0.29, 0.717) is 0 Å². The number of amides is 1. The highest BCUT2D eigenvalue weighted by Crippen LogP contribution is 1.82. The summed E-state index contributed by atoms with van der Waals surface area (Å²) >= 11 is 0. The van der Waals surface area contributed by atoms with E-state index < -0.39 is 11.7 Å². The van der Waals surface area contributed by atoms with Crippen LogP contribution in [0.1, 0.15) is 0 Å². The van der Waals surface area contributed by atoms with Gasteiger partial charge >= 0.3 is 0 Å². The van der Waals surface area contributed by atoms with Crippen molar-refractivity contribution in [3.8, 4) is 0 Å². The molecule has 0 atom stereocenters. The monoisotopic (exact) mass is 115 g/mol. The number of Topliss-reactive ketones (excluding diaryl/α,β-unsaturated/α-hetero) is 1. The normalized spacial score (nSPS) is 20.5. The Labute approximate surface area is 45.8 Å². The second-order valence-electron chi connectivity index (χ2n) is 1.42. The van der Waals surface area contributed by atoms with Gasteiger partial charge in [-0.1, -0.05) is 0 Å². The molecule has 0 aromatic carbocycles. The van der Waals surface area contributed by atoms with Gasteiger partial charge in [0.25, 0.3) is 5.91 Å². The van der Waals surface area contributed by atoms with Gasteiger partial charge in [0.05, 0.1) is 0 Å². The van der Waals surface area contributed by atoms with Crippen molar-refractivity contribution in [1.29, 1.82) is 0 Å². The van der Waals surface area contributed by atoms with Crippen LogP contribution in [-0.4, -0.2) is 25.0 Å². The summed E-state index contributed by atoms with van der Waals surface area (Å²) in [6.07, 6.45) is 0. The maximum atomic E-state index is 10.3. The minimum absolute atomic E-state index is 0.0775. The molecule has 4 heteroatoms. The Kier molecular flexibility index (Phi) is 1.26. The zero-order valence-electron chi connectivity index (χ0n) is 4.14. The first-order valence-electron chi connectivity index (χ1n) is 2.19. The average Bonchev–Trinajstić information content (AvgIpc) is 1.77. The molecule has 0 spiro atoms. The van der Waals surface area contributed by atoms with Gasteiger partial charge in [-0.05, 0) is 0 Å². The van der Waals surface area contributed by atoms with Crippen LogP contribution in [-0.2, 0) is 14.3 Å². The summed E-state index contributed by atoms with van der Waals surface area (Å²) in [7, 11) is 0. The predicted octanol–water partition coefficient (Wildman–Crippen LogP) is -1.34. The molecule has 1 aliphatic heterocycles. The molecule has 4 nitrogen and oxygen atoms in total. The average molecular weight is 115 g/mol. The fourth-order valence-electron chi connectivity index (χ4n) is 0.424. The number of rotatable bonds is 0. The van der Waals surface area contributed by atoms with Crippen LogP contribution < -0.4 is 5.32 Å². The van der Waals surface area contributed by atoms with Crippen molar-refractivity contribution in [3.05, 3.63) is 0 Å². The first kappa shape index (κ1) is 5.24. The number of carbonyl (C=O) groups excluding carboxylic acids is 2. The molecule has 0 aliphatic carbocycles. The summed E-state index contributed by atoms with van der Waals surface area (Å²) in [5.41, 5.74) is 0. The van der Waals surface area contributed by atoms with Crippen molar-refractivity contribution in [1.82, 2.24) is 5.32 Å². The topological polar surface area (TPSA) is 55.4 Å². The van der Waals surface area contributed by atoms with E-state index in [0.717, 1.165) is 0 Å². The Hall–Kier alpha value is -0.900. The lowest BCUT2D eigenvalue weighted by Crippen LogP contribution is -2.40. The predicted molar refractivity (Wildman–Crippen MR) is 24.0 cm³/mol. The molecule has 0 saturated carbocycles. The Morgan fingerprint density at radius 1 is 1.50 bits per heavy atom. The van der Waals surface area contributed by atoms with Gasteiger partial charge in [0.15, 0.2) is 0 Å². The molecule has 1 heterocycles. The number of carbonyl (C=O) groups is 2. The van der Waals surface area contributed by atoms with E-state index in [2.05, 4.69) is 10.1 Å². The number of ketones is 1. The Bertz CT molecular complexity index is 115. The van der Waals surface area contributed by atoms with Crippen molar-refractivity contribution in [2.75, 3.05) is 13.3 Å². The van der Waals surface area contributed by atoms with Crippen LogP contribution in [0.25, 0.3) is 0 Å². The van der Waals surface area contributed by atoms with Gasteiger partial charge in [-0.3, -0.25) is 9.59 Å². The largest absolute Gasteiger partial charge is 0.353 e. The minimum Gasteiger partial charge on any atom is -0.353 e. The van der Waals surface area contributed by atoms with Crippen molar-refractivity contribution in [3.63, 3.8) is 0 Å². The summed E-state index contributed by atoms with van der Waals surface area (Å²) in [6, 6.07) is 0. The first-order chi connectivity index (χ1) is 3.80. The number of hydrogen-bond donors (Lipinski definition) is 1. The maximum Gasteiger partial charge on any atom is 0.291 e. The highest BCUT2D eigenvalue weighted by molar-refractivity contribution is 6.37. The number of nitrogens with one attached hydrogen (secondary N) is 1. The Morgan fingerprint density at radius 3 is 2.62 bits per heavy atom. The molecule has 1 fully saturated rings. The Morgan fingerprint density at radius 2 is 2.25 bits per heavy atom. The molecule has 1 N–H and O–H groups in total. The third kappa shape index (κ3) is 0.840. The van der Waals surface area contributed by atoms with Crippen molar-refractivity contribution < 1.29 is 14.3 Å². The first-order valence-corrected chi connectivity index (χ1v) is 2.19. The third-order valence-corrected chi connectivity index (χ3v) is 0.821. The van der Waals surface area contributed by atoms with E-state index in [9.17, 15) is 9.59 Å². The van der Waals surface area contributed by atoms with Gasteiger partial charge in [0, 0.05) is 0 Å². The van der Waals surface area contributed by atoms with Gasteiger partial charge in [-0.15, -0.1) is 0 Å². The summed E-state index contributed by atoms with van der Waals surface area (Å²) in [5, 5.41) is 2.22. The van der Waals surface area contributed by atoms with Crippen LogP contribution in [0.4, 0.5) is 0 Å². The molecule has 1 amide bonds. The summed E-state index contributed by atoms with van der Waals surface area (Å²) in [6.45, 7) is 0.0798.